The average Bonchev–Trinajstić information content (AvgIpc) is 2.69. The van der Waals surface area contributed by atoms with Gasteiger partial charge >= 0.3 is 6.03 Å². The molecule has 2 aromatic carbocycles. The molecule has 27 heavy (non-hydrogen) atoms. The van der Waals surface area contributed by atoms with Crippen molar-refractivity contribution in [2.24, 2.45) is 5.92 Å². The maximum absolute atomic E-state index is 12.5. The van der Waals surface area contributed by atoms with E-state index >= 15 is 0 Å². The number of urea groups is 1. The zero-order valence-corrected chi connectivity index (χ0v) is 16.1. The highest BCUT2D eigenvalue weighted by molar-refractivity contribution is 6.30. The zero-order chi connectivity index (χ0) is 19.2. The Hall–Kier alpha value is -2.53. The number of anilines is 1. The van der Waals surface area contributed by atoms with Gasteiger partial charge in [0.05, 0.1) is 6.04 Å². The summed E-state index contributed by atoms with van der Waals surface area (Å²) in [6.07, 6.45) is 1.33. The molecule has 0 aliphatic carbocycles. The smallest absolute Gasteiger partial charge is 0.317 e. The molecule has 0 bridgehead atoms. The van der Waals surface area contributed by atoms with Crippen LogP contribution in [0.1, 0.15) is 31.4 Å². The number of carbonyl (C=O) groups is 2. The molecule has 2 aromatic rings. The third-order valence-corrected chi connectivity index (χ3v) is 5.12. The van der Waals surface area contributed by atoms with Crippen molar-refractivity contribution in [1.29, 1.82) is 0 Å². The Bertz CT molecular complexity index is 789. The number of hydrogen-bond acceptors (Lipinski definition) is 2. The van der Waals surface area contributed by atoms with Crippen molar-refractivity contribution in [1.82, 2.24) is 10.2 Å². The predicted molar refractivity (Wildman–Crippen MR) is 108 cm³/mol. The van der Waals surface area contributed by atoms with Crippen LogP contribution in [0.15, 0.2) is 54.6 Å². The maximum Gasteiger partial charge on any atom is 0.317 e. The molecule has 1 unspecified atom stereocenters. The summed E-state index contributed by atoms with van der Waals surface area (Å²) in [5.41, 5.74) is 1.77. The number of para-hydroxylation sites is 1. The normalized spacial score (nSPS) is 15.9. The molecule has 3 amide bonds. The van der Waals surface area contributed by atoms with Gasteiger partial charge in [-0.1, -0.05) is 41.9 Å². The van der Waals surface area contributed by atoms with Crippen molar-refractivity contribution in [3.63, 3.8) is 0 Å². The first kappa shape index (κ1) is 19.2. The summed E-state index contributed by atoms with van der Waals surface area (Å²) < 4.78 is 0. The zero-order valence-electron chi connectivity index (χ0n) is 15.3. The highest BCUT2D eigenvalue weighted by atomic mass is 35.5. The third kappa shape index (κ3) is 5.23. The fourth-order valence-electron chi connectivity index (χ4n) is 3.25. The minimum atomic E-state index is -0.129. The largest absolute Gasteiger partial charge is 0.331 e. The fraction of sp³-hybridized carbons (Fsp3) is 0.333. The van der Waals surface area contributed by atoms with E-state index in [1.165, 1.54) is 0 Å². The van der Waals surface area contributed by atoms with Gasteiger partial charge in [0, 0.05) is 29.7 Å². The average molecular weight is 386 g/mol. The lowest BCUT2D eigenvalue weighted by Crippen LogP contribution is -2.46. The number of carbonyl (C=O) groups excluding carboxylic acids is 2. The molecule has 1 fully saturated rings. The number of nitrogens with zero attached hydrogens (tertiary/aromatic N) is 1. The lowest BCUT2D eigenvalue weighted by molar-refractivity contribution is -0.121. The second-order valence-corrected chi connectivity index (χ2v) is 7.28. The first-order chi connectivity index (χ1) is 13.0. The minimum absolute atomic E-state index is 0.0218. The van der Waals surface area contributed by atoms with E-state index in [1.54, 1.807) is 4.90 Å². The van der Waals surface area contributed by atoms with E-state index in [9.17, 15) is 9.59 Å². The van der Waals surface area contributed by atoms with Crippen molar-refractivity contribution in [3.8, 4) is 0 Å². The van der Waals surface area contributed by atoms with Crippen molar-refractivity contribution >= 4 is 29.2 Å². The molecule has 1 aliphatic rings. The molecule has 0 aromatic heterocycles. The maximum atomic E-state index is 12.5. The van der Waals surface area contributed by atoms with Crippen LogP contribution in [0.3, 0.4) is 0 Å². The summed E-state index contributed by atoms with van der Waals surface area (Å²) in [7, 11) is 0. The Kier molecular flexibility index (Phi) is 6.35. The molecular formula is C21H24ClN3O2. The van der Waals surface area contributed by atoms with Crippen LogP contribution >= 0.6 is 11.6 Å². The second kappa shape index (κ2) is 8.91. The number of benzene rings is 2. The van der Waals surface area contributed by atoms with Crippen LogP contribution in [0, 0.1) is 5.92 Å². The highest BCUT2D eigenvalue weighted by Gasteiger charge is 2.28. The Balaban J connectivity index is 1.48. The Morgan fingerprint density at radius 3 is 2.44 bits per heavy atom. The first-order valence-corrected chi connectivity index (χ1v) is 9.57. The summed E-state index contributed by atoms with van der Waals surface area (Å²) in [6.45, 7) is 3.07. The summed E-state index contributed by atoms with van der Waals surface area (Å²) in [5.74, 6) is -0.0480. The van der Waals surface area contributed by atoms with Crippen molar-refractivity contribution in [3.05, 3.63) is 65.2 Å². The SMILES string of the molecule is CC(NC(=O)N1CCC(C(=O)Nc2ccccc2)CC1)c1cccc(Cl)c1. The van der Waals surface area contributed by atoms with E-state index in [1.807, 2.05) is 61.5 Å². The Labute approximate surface area is 164 Å². The van der Waals surface area contributed by atoms with Crippen LogP contribution < -0.4 is 10.6 Å². The highest BCUT2D eigenvalue weighted by Crippen LogP contribution is 2.21. The van der Waals surface area contributed by atoms with Gasteiger partial charge in [-0.15, -0.1) is 0 Å². The van der Waals surface area contributed by atoms with Crippen LogP contribution in [-0.4, -0.2) is 29.9 Å². The van der Waals surface area contributed by atoms with Gasteiger partial charge in [0.25, 0.3) is 0 Å². The molecule has 3 rings (SSSR count). The lowest BCUT2D eigenvalue weighted by atomic mass is 9.96. The molecule has 0 spiro atoms. The monoisotopic (exact) mass is 385 g/mol. The van der Waals surface area contributed by atoms with Gasteiger partial charge in [0.15, 0.2) is 0 Å². The molecule has 1 saturated heterocycles. The number of likely N-dealkylation sites (tertiary alicyclic amines) is 1. The van der Waals surface area contributed by atoms with Crippen LogP contribution in [0.5, 0.6) is 0 Å². The van der Waals surface area contributed by atoms with Crippen LogP contribution in [-0.2, 0) is 4.79 Å². The van der Waals surface area contributed by atoms with Gasteiger partial charge in [0.1, 0.15) is 0 Å². The number of nitrogens with one attached hydrogen (secondary N) is 2. The van der Waals surface area contributed by atoms with Crippen LogP contribution in [0.2, 0.25) is 5.02 Å². The molecule has 6 heteroatoms. The predicted octanol–water partition coefficient (Wildman–Crippen LogP) is 4.46. The van der Waals surface area contributed by atoms with Crippen molar-refractivity contribution in [2.45, 2.75) is 25.8 Å². The van der Waals surface area contributed by atoms with E-state index in [2.05, 4.69) is 10.6 Å². The van der Waals surface area contributed by atoms with Crippen LogP contribution in [0.25, 0.3) is 0 Å². The van der Waals surface area contributed by atoms with Gasteiger partial charge in [-0.2, -0.15) is 0 Å². The summed E-state index contributed by atoms with van der Waals surface area (Å²) >= 11 is 6.02. The first-order valence-electron chi connectivity index (χ1n) is 9.20. The number of rotatable bonds is 4. The molecule has 1 aliphatic heterocycles. The number of hydrogen-bond donors (Lipinski definition) is 2. The van der Waals surface area contributed by atoms with Crippen molar-refractivity contribution in [2.75, 3.05) is 18.4 Å². The molecule has 2 N–H and O–H groups in total. The summed E-state index contributed by atoms with van der Waals surface area (Å²) in [5, 5.41) is 6.60. The molecule has 1 atom stereocenters. The van der Waals surface area contributed by atoms with Crippen molar-refractivity contribution < 1.29 is 9.59 Å². The van der Waals surface area contributed by atoms with Gasteiger partial charge in [-0.3, -0.25) is 4.79 Å². The van der Waals surface area contributed by atoms with Gasteiger partial charge in [0.2, 0.25) is 5.91 Å². The Morgan fingerprint density at radius 1 is 1.07 bits per heavy atom. The second-order valence-electron chi connectivity index (χ2n) is 6.84. The van der Waals surface area contributed by atoms with E-state index in [0.29, 0.717) is 31.0 Å². The number of piperidine rings is 1. The van der Waals surface area contributed by atoms with Crippen LogP contribution in [0.4, 0.5) is 10.5 Å². The standard InChI is InChI=1S/C21H24ClN3O2/c1-15(17-6-5-7-18(22)14-17)23-21(27)25-12-10-16(11-13-25)20(26)24-19-8-3-2-4-9-19/h2-9,14-16H,10-13H2,1H3,(H,23,27)(H,24,26). The molecular weight excluding hydrogens is 362 g/mol. The quantitative estimate of drug-likeness (QED) is 0.816. The summed E-state index contributed by atoms with van der Waals surface area (Å²) in [6, 6.07) is 16.7. The van der Waals surface area contributed by atoms with Gasteiger partial charge in [-0.05, 0) is 49.6 Å². The van der Waals surface area contributed by atoms with E-state index in [-0.39, 0.29) is 23.9 Å². The number of halogens is 1. The molecule has 0 saturated carbocycles. The summed E-state index contributed by atoms with van der Waals surface area (Å²) in [4.78, 5) is 26.7. The minimum Gasteiger partial charge on any atom is -0.331 e. The topological polar surface area (TPSA) is 61.4 Å². The molecule has 0 radical (unpaired) electrons. The number of amides is 3. The van der Waals surface area contributed by atoms with E-state index in [0.717, 1.165) is 11.3 Å². The Morgan fingerprint density at radius 2 is 1.78 bits per heavy atom. The molecule has 1 heterocycles. The third-order valence-electron chi connectivity index (χ3n) is 4.88. The van der Waals surface area contributed by atoms with E-state index < -0.39 is 0 Å². The molecule has 5 nitrogen and oxygen atoms in total. The van der Waals surface area contributed by atoms with Gasteiger partial charge in [-0.25, -0.2) is 4.79 Å². The van der Waals surface area contributed by atoms with Gasteiger partial charge < -0.3 is 15.5 Å². The molecule has 142 valence electrons. The van der Waals surface area contributed by atoms with E-state index in [4.69, 9.17) is 11.6 Å². The lowest BCUT2D eigenvalue weighted by Gasteiger charge is -2.32. The fourth-order valence-corrected chi connectivity index (χ4v) is 3.45.